The number of sulfonamides is 1. The van der Waals surface area contributed by atoms with Crippen LogP contribution >= 0.6 is 0 Å². The number of rotatable bonds is 3. The van der Waals surface area contributed by atoms with Crippen LogP contribution in [0.3, 0.4) is 0 Å². The van der Waals surface area contributed by atoms with Gasteiger partial charge in [0.2, 0.25) is 15.9 Å². The first-order valence-corrected chi connectivity index (χ1v) is 9.89. The van der Waals surface area contributed by atoms with E-state index in [1.54, 1.807) is 36.4 Å². The molecular weight excluding hydrogens is 354 g/mol. The third-order valence-electron chi connectivity index (χ3n) is 4.46. The van der Waals surface area contributed by atoms with Crippen LogP contribution in [-0.4, -0.2) is 27.0 Å². The summed E-state index contributed by atoms with van der Waals surface area (Å²) in [5.41, 5.74) is 1.33. The van der Waals surface area contributed by atoms with Crippen molar-refractivity contribution in [3.63, 3.8) is 0 Å². The highest BCUT2D eigenvalue weighted by Gasteiger charge is 2.37. The van der Waals surface area contributed by atoms with Crippen molar-refractivity contribution < 1.29 is 17.9 Å². The molecular formula is C18H19N3O4S. The van der Waals surface area contributed by atoms with Gasteiger partial charge in [0.15, 0.2) is 0 Å². The fraction of sp³-hybridized carbons (Fsp3) is 0.278. The van der Waals surface area contributed by atoms with Crippen LogP contribution in [0.5, 0.6) is 11.5 Å². The highest BCUT2D eigenvalue weighted by atomic mass is 32.2. The van der Waals surface area contributed by atoms with Crippen molar-refractivity contribution in [3.8, 4) is 11.5 Å². The van der Waals surface area contributed by atoms with E-state index in [4.69, 9.17) is 4.74 Å². The van der Waals surface area contributed by atoms with Gasteiger partial charge in [-0.05, 0) is 37.1 Å². The van der Waals surface area contributed by atoms with E-state index in [0.717, 1.165) is 19.4 Å². The lowest BCUT2D eigenvalue weighted by Gasteiger charge is -2.33. The predicted molar refractivity (Wildman–Crippen MR) is 98.0 cm³/mol. The van der Waals surface area contributed by atoms with E-state index in [0.29, 0.717) is 22.9 Å². The van der Waals surface area contributed by atoms with Crippen molar-refractivity contribution in [2.45, 2.75) is 30.8 Å². The fourth-order valence-electron chi connectivity index (χ4n) is 3.41. The molecule has 1 amide bonds. The molecule has 2 aliphatic heterocycles. The number of ether oxygens (including phenoxy) is 1. The minimum absolute atomic E-state index is 0.159. The molecule has 26 heavy (non-hydrogen) atoms. The third kappa shape index (κ3) is 3.13. The average Bonchev–Trinajstić information content (AvgIpc) is 3.02. The van der Waals surface area contributed by atoms with Crippen molar-refractivity contribution >= 4 is 27.3 Å². The Labute approximate surface area is 152 Å². The molecule has 2 aromatic carbocycles. The minimum Gasteiger partial charge on any atom is -0.457 e. The Kier molecular flexibility index (Phi) is 4.08. The second kappa shape index (κ2) is 6.30. The maximum Gasteiger partial charge on any atom is 0.244 e. The molecule has 4 rings (SSSR count). The first-order valence-electron chi connectivity index (χ1n) is 8.41. The summed E-state index contributed by atoms with van der Waals surface area (Å²) >= 11 is 0. The quantitative estimate of drug-likeness (QED) is 0.864. The Morgan fingerprint density at radius 3 is 2.85 bits per heavy atom. The molecule has 1 unspecified atom stereocenters. The maximum atomic E-state index is 12.6. The van der Waals surface area contributed by atoms with Crippen molar-refractivity contribution in [1.82, 2.24) is 4.72 Å². The lowest BCUT2D eigenvalue weighted by molar-refractivity contribution is -0.114. The molecule has 7 nitrogen and oxygen atoms in total. The van der Waals surface area contributed by atoms with Gasteiger partial charge in [0.05, 0.1) is 11.9 Å². The average molecular weight is 373 g/mol. The summed E-state index contributed by atoms with van der Waals surface area (Å²) in [5, 5.41) is 2.69. The summed E-state index contributed by atoms with van der Waals surface area (Å²) < 4.78 is 33.6. The zero-order valence-corrected chi connectivity index (χ0v) is 15.0. The van der Waals surface area contributed by atoms with E-state index in [9.17, 15) is 13.2 Å². The molecule has 0 aromatic heterocycles. The van der Waals surface area contributed by atoms with Crippen molar-refractivity contribution in [2.24, 2.45) is 0 Å². The molecule has 2 aliphatic rings. The van der Waals surface area contributed by atoms with E-state index in [1.165, 1.54) is 13.0 Å². The standard InChI is InChI=1S/C18H19N3O4S/c1-12(22)19-13-4-2-5-14(10-13)25-15-7-8-16-17(11-15)26(23,24)20-18-6-3-9-21(16)18/h2,4-5,7-8,10-11,18,20H,3,6,9H2,1H3,(H,19,22). The van der Waals surface area contributed by atoms with Gasteiger partial charge < -0.3 is 15.0 Å². The molecule has 2 N–H and O–H groups in total. The van der Waals surface area contributed by atoms with E-state index >= 15 is 0 Å². The SMILES string of the molecule is CC(=O)Nc1cccc(Oc2ccc3c(c2)S(=O)(=O)NC2CCCN32)c1. The van der Waals surface area contributed by atoms with Crippen LogP contribution in [0.2, 0.25) is 0 Å². The molecule has 1 saturated heterocycles. The Balaban J connectivity index is 1.65. The molecule has 0 saturated carbocycles. The lowest BCUT2D eigenvalue weighted by atomic mass is 10.2. The number of benzene rings is 2. The molecule has 2 aromatic rings. The summed E-state index contributed by atoms with van der Waals surface area (Å²) in [4.78, 5) is 13.5. The highest BCUT2D eigenvalue weighted by molar-refractivity contribution is 7.89. The van der Waals surface area contributed by atoms with E-state index in [2.05, 4.69) is 14.9 Å². The van der Waals surface area contributed by atoms with E-state index in [-0.39, 0.29) is 17.0 Å². The first kappa shape index (κ1) is 16.9. The second-order valence-electron chi connectivity index (χ2n) is 6.41. The van der Waals surface area contributed by atoms with Crippen LogP contribution in [0.1, 0.15) is 19.8 Å². The summed E-state index contributed by atoms with van der Waals surface area (Å²) in [5.74, 6) is 0.761. The topological polar surface area (TPSA) is 87.7 Å². The van der Waals surface area contributed by atoms with Gasteiger partial charge in [0.25, 0.3) is 0 Å². The third-order valence-corrected chi connectivity index (χ3v) is 5.95. The van der Waals surface area contributed by atoms with Crippen LogP contribution in [0, 0.1) is 0 Å². The fourth-order valence-corrected chi connectivity index (χ4v) is 4.87. The lowest BCUT2D eigenvalue weighted by Crippen LogP contribution is -2.48. The maximum absolute atomic E-state index is 12.6. The zero-order chi connectivity index (χ0) is 18.3. The van der Waals surface area contributed by atoms with Crippen LogP contribution in [0.25, 0.3) is 0 Å². The van der Waals surface area contributed by atoms with Crippen LogP contribution in [-0.2, 0) is 14.8 Å². The molecule has 0 bridgehead atoms. The van der Waals surface area contributed by atoms with Crippen molar-refractivity contribution in [1.29, 1.82) is 0 Å². The van der Waals surface area contributed by atoms with Crippen molar-refractivity contribution in [2.75, 3.05) is 16.8 Å². The predicted octanol–water partition coefficient (Wildman–Crippen LogP) is 2.66. The monoisotopic (exact) mass is 373 g/mol. The Morgan fingerprint density at radius 2 is 2.04 bits per heavy atom. The summed E-state index contributed by atoms with van der Waals surface area (Å²) in [6, 6.07) is 12.0. The molecule has 8 heteroatoms. The number of nitrogens with zero attached hydrogens (tertiary/aromatic N) is 1. The molecule has 0 radical (unpaired) electrons. The van der Waals surface area contributed by atoms with Crippen LogP contribution in [0.15, 0.2) is 47.4 Å². The van der Waals surface area contributed by atoms with Gasteiger partial charge in [-0.3, -0.25) is 4.79 Å². The van der Waals surface area contributed by atoms with Gasteiger partial charge in [-0.1, -0.05) is 6.07 Å². The molecule has 1 atom stereocenters. The minimum atomic E-state index is -3.56. The van der Waals surface area contributed by atoms with Gasteiger partial charge in [-0.2, -0.15) is 4.72 Å². The number of fused-ring (bicyclic) bond motifs is 3. The number of hydrogen-bond acceptors (Lipinski definition) is 5. The second-order valence-corrected chi connectivity index (χ2v) is 8.10. The summed E-state index contributed by atoms with van der Waals surface area (Å²) in [7, 11) is -3.56. The molecule has 0 aliphatic carbocycles. The highest BCUT2D eigenvalue weighted by Crippen LogP contribution is 2.38. The van der Waals surface area contributed by atoms with Gasteiger partial charge in [0.1, 0.15) is 16.4 Å². The van der Waals surface area contributed by atoms with E-state index in [1.807, 2.05) is 0 Å². The Morgan fingerprint density at radius 1 is 1.23 bits per heavy atom. The molecule has 2 heterocycles. The first-order chi connectivity index (χ1) is 12.4. The Bertz CT molecular complexity index is 974. The zero-order valence-electron chi connectivity index (χ0n) is 14.2. The molecule has 1 fully saturated rings. The van der Waals surface area contributed by atoms with Crippen LogP contribution in [0.4, 0.5) is 11.4 Å². The van der Waals surface area contributed by atoms with Gasteiger partial charge in [-0.25, -0.2) is 8.42 Å². The number of anilines is 2. The normalized spacial score (nSPS) is 20.2. The number of hydrogen-bond donors (Lipinski definition) is 2. The summed E-state index contributed by atoms with van der Waals surface area (Å²) in [6.07, 6.45) is 1.61. The number of carbonyl (C=O) groups excluding carboxylic acids is 1. The summed E-state index contributed by atoms with van der Waals surface area (Å²) in [6.45, 7) is 2.26. The number of nitrogens with one attached hydrogen (secondary N) is 2. The van der Waals surface area contributed by atoms with Gasteiger partial charge in [-0.15, -0.1) is 0 Å². The smallest absolute Gasteiger partial charge is 0.244 e. The largest absolute Gasteiger partial charge is 0.457 e. The molecule has 0 spiro atoms. The van der Waals surface area contributed by atoms with Crippen LogP contribution < -0.4 is 19.7 Å². The van der Waals surface area contributed by atoms with E-state index < -0.39 is 10.0 Å². The number of amides is 1. The molecule has 136 valence electrons. The van der Waals surface area contributed by atoms with Gasteiger partial charge >= 0.3 is 0 Å². The van der Waals surface area contributed by atoms with Gasteiger partial charge in [0, 0.05) is 31.3 Å². The Hall–Kier alpha value is -2.58. The van der Waals surface area contributed by atoms with Crippen molar-refractivity contribution in [3.05, 3.63) is 42.5 Å². The number of carbonyl (C=O) groups is 1.